The molecule has 0 unspecified atom stereocenters. The van der Waals surface area contributed by atoms with E-state index >= 15 is 0 Å². The Balaban J connectivity index is 0.00000365. The zero-order valence-corrected chi connectivity index (χ0v) is 34.2. The second-order valence-electron chi connectivity index (χ2n) is 13.4. The molecule has 0 heterocycles. The maximum absolute atomic E-state index is 13.4. The summed E-state index contributed by atoms with van der Waals surface area (Å²) in [6.07, 6.45) is 8.59. The summed E-state index contributed by atoms with van der Waals surface area (Å²) in [6.45, 7) is 14.3. The molecular formula is C42H60N4O8S. The summed E-state index contributed by atoms with van der Waals surface area (Å²) in [6, 6.07) is 17.9. The fraction of sp³-hybridized carbons (Fsp3) is 0.452. The van der Waals surface area contributed by atoms with Gasteiger partial charge >= 0.3 is 5.97 Å². The van der Waals surface area contributed by atoms with Crippen molar-refractivity contribution in [2.24, 2.45) is 5.92 Å². The summed E-state index contributed by atoms with van der Waals surface area (Å²) in [4.78, 5) is 57.7. The zero-order chi connectivity index (χ0) is 41.6. The van der Waals surface area contributed by atoms with Crippen LogP contribution in [0.2, 0.25) is 0 Å². The van der Waals surface area contributed by atoms with Gasteiger partial charge in [0.05, 0.1) is 4.90 Å². The van der Waals surface area contributed by atoms with E-state index in [1.54, 1.807) is 13.8 Å². The third-order valence-corrected chi connectivity index (χ3v) is 9.99. The van der Waals surface area contributed by atoms with Crippen LogP contribution in [0.3, 0.4) is 0 Å². The summed E-state index contributed by atoms with van der Waals surface area (Å²) in [5.41, 5.74) is 3.43. The van der Waals surface area contributed by atoms with Crippen LogP contribution in [0.25, 0.3) is 0 Å². The zero-order valence-electron chi connectivity index (χ0n) is 33.4. The quantitative estimate of drug-likeness (QED) is 0.0705. The van der Waals surface area contributed by atoms with E-state index in [9.17, 15) is 24.6 Å². The van der Waals surface area contributed by atoms with Gasteiger partial charge in [0, 0.05) is 23.5 Å². The smallest absolute Gasteiger partial charge is 0.326 e. The van der Waals surface area contributed by atoms with Crippen LogP contribution in [0.4, 0.5) is 11.4 Å². The number of carbonyl (C=O) groups is 5. The van der Waals surface area contributed by atoms with Crippen molar-refractivity contribution in [1.29, 1.82) is 0 Å². The highest BCUT2D eigenvalue weighted by Gasteiger charge is 2.32. The average Bonchev–Trinajstić information content (AvgIpc) is 3.20. The molecule has 2 amide bonds. The predicted molar refractivity (Wildman–Crippen MR) is 220 cm³/mol. The van der Waals surface area contributed by atoms with Crippen molar-refractivity contribution in [2.45, 2.75) is 95.7 Å². The third-order valence-electron chi connectivity index (χ3n) is 9.23. The van der Waals surface area contributed by atoms with E-state index in [4.69, 9.17) is 14.3 Å². The number of thioether (sulfide) groups is 1. The van der Waals surface area contributed by atoms with Crippen LogP contribution in [-0.2, 0) is 24.0 Å². The number of anilines is 2. The number of para-hydroxylation sites is 1. The molecule has 0 fully saturated rings. The Hall–Kier alpha value is -4.88. The average molecular weight is 781 g/mol. The lowest BCUT2D eigenvalue weighted by Crippen LogP contribution is -2.51. The number of amides is 2. The number of phenols is 1. The molecule has 5 N–H and O–H groups in total. The predicted octanol–water partition coefficient (Wildman–Crippen LogP) is 6.99. The maximum atomic E-state index is 13.4. The number of hydrogen-bond acceptors (Lipinski definition) is 10. The number of benzene rings is 3. The summed E-state index contributed by atoms with van der Waals surface area (Å²) < 4.78 is 6.10. The fourth-order valence-electron chi connectivity index (χ4n) is 6.15. The summed E-state index contributed by atoms with van der Waals surface area (Å²) in [5.74, 6) is -2.28. The molecule has 3 aromatic rings. The Kier molecular flexibility index (Phi) is 22.1. The van der Waals surface area contributed by atoms with E-state index in [1.165, 1.54) is 36.0 Å². The lowest BCUT2D eigenvalue weighted by Gasteiger charge is -2.40. The van der Waals surface area contributed by atoms with Gasteiger partial charge in [-0.05, 0) is 86.5 Å². The van der Waals surface area contributed by atoms with Crippen molar-refractivity contribution in [3.8, 4) is 11.5 Å². The lowest BCUT2D eigenvalue weighted by atomic mass is 9.86. The van der Waals surface area contributed by atoms with Gasteiger partial charge in [0.1, 0.15) is 37.2 Å². The summed E-state index contributed by atoms with van der Waals surface area (Å²) >= 11 is 1.52. The van der Waals surface area contributed by atoms with Gasteiger partial charge in [0.15, 0.2) is 6.61 Å². The first kappa shape index (κ1) is 48.1. The highest BCUT2D eigenvalue weighted by Crippen LogP contribution is 2.39. The minimum absolute atomic E-state index is 0.00836. The number of aromatic hydroxyl groups is 1. The van der Waals surface area contributed by atoms with Crippen molar-refractivity contribution in [3.63, 3.8) is 0 Å². The number of nitrogens with one attached hydrogen (secondary N) is 3. The number of carboxylic acid groups (broad SMARTS) is 1. The number of carbonyl (C=O) groups excluding carboxylic acids is 4. The standard InChI is InChI=1S/C40H56N4O6S.2CH2O/c1-8-10-21-40(41-6,22-11-9-2)26-44(30-15-13-12-14-16-30)32-24-34(51-7)33(23-28(32)5)50-25-35(46)42-37(29-17-19-31(45)20-18-29)38(47)43-36(27(3)4)39(48)49;2*1-2/h12-20,23-24,27,36-37,41,45H,8-11,21-22,25-26H2,1-7H3,(H,42,46)(H,43,47)(H,48,49);2*1H2/t36-,37+;;/m0../s1. The number of carboxylic acids is 1. The molecule has 302 valence electrons. The van der Waals surface area contributed by atoms with E-state index < -0.39 is 29.9 Å². The molecule has 0 saturated heterocycles. The van der Waals surface area contributed by atoms with Crippen LogP contribution in [-0.4, -0.2) is 79.6 Å². The number of unbranched alkanes of at least 4 members (excludes halogenated alkanes) is 2. The Morgan fingerprint density at radius 1 is 0.909 bits per heavy atom. The molecule has 0 spiro atoms. The molecule has 0 bridgehead atoms. The number of phenolic OH excluding ortho intramolecular Hbond substituents is 1. The van der Waals surface area contributed by atoms with Gasteiger partial charge in [-0.15, -0.1) is 11.8 Å². The Morgan fingerprint density at radius 2 is 1.49 bits per heavy atom. The topological polar surface area (TPSA) is 174 Å². The van der Waals surface area contributed by atoms with Crippen LogP contribution in [0.15, 0.2) is 71.6 Å². The Labute approximate surface area is 330 Å². The van der Waals surface area contributed by atoms with Gasteiger partial charge in [-0.3, -0.25) is 9.59 Å². The van der Waals surface area contributed by atoms with Gasteiger partial charge in [0.2, 0.25) is 5.91 Å². The van der Waals surface area contributed by atoms with Crippen LogP contribution >= 0.6 is 11.8 Å². The number of likely N-dealkylation sites (N-methyl/N-ethyl adjacent to an activating group) is 1. The molecule has 0 radical (unpaired) electrons. The molecule has 3 rings (SSSR count). The molecule has 12 nitrogen and oxygen atoms in total. The summed E-state index contributed by atoms with van der Waals surface area (Å²) in [7, 11) is 2.07. The fourth-order valence-corrected chi connectivity index (χ4v) is 6.69. The largest absolute Gasteiger partial charge is 0.508 e. The molecular weight excluding hydrogens is 721 g/mol. The first-order chi connectivity index (χ1) is 26.4. The molecule has 2 atom stereocenters. The number of nitrogens with zero attached hydrogens (tertiary/aromatic N) is 1. The van der Waals surface area contributed by atoms with Crippen molar-refractivity contribution >= 4 is 54.5 Å². The van der Waals surface area contributed by atoms with E-state index in [0.717, 1.165) is 66.9 Å². The van der Waals surface area contributed by atoms with Gasteiger partial charge in [-0.1, -0.05) is 83.7 Å². The molecule has 0 saturated carbocycles. The lowest BCUT2D eigenvalue weighted by molar-refractivity contribution is -0.143. The Morgan fingerprint density at radius 3 is 1.98 bits per heavy atom. The van der Waals surface area contributed by atoms with Crippen LogP contribution < -0.4 is 25.6 Å². The van der Waals surface area contributed by atoms with Crippen molar-refractivity contribution in [1.82, 2.24) is 16.0 Å². The van der Waals surface area contributed by atoms with E-state index in [1.807, 2.05) is 38.9 Å². The van der Waals surface area contributed by atoms with E-state index in [0.29, 0.717) is 11.3 Å². The molecule has 3 aromatic carbocycles. The van der Waals surface area contributed by atoms with E-state index in [-0.39, 0.29) is 23.8 Å². The second kappa shape index (κ2) is 25.2. The molecule has 0 aliphatic rings. The highest BCUT2D eigenvalue weighted by molar-refractivity contribution is 7.98. The van der Waals surface area contributed by atoms with Crippen LogP contribution in [0, 0.1) is 12.8 Å². The SMILES string of the molecule is C=O.C=O.CCCCC(CCCC)(CN(c1ccccc1)c1cc(SC)c(OCC(=O)N[C@@H](C(=O)N[C@H](C(=O)O)C(C)C)c2ccc(O)cc2)cc1C)NC. The number of hydrogen-bond donors (Lipinski definition) is 5. The van der Waals surface area contributed by atoms with E-state index in [2.05, 4.69) is 72.1 Å². The molecule has 0 aliphatic heterocycles. The number of aryl methyl sites for hydroxylation is 1. The normalized spacial score (nSPS) is 11.9. The number of ether oxygens (including phenoxy) is 1. The van der Waals surface area contributed by atoms with Gasteiger partial charge in [-0.25, -0.2) is 4.79 Å². The summed E-state index contributed by atoms with van der Waals surface area (Å²) in [5, 5.41) is 28.4. The monoisotopic (exact) mass is 780 g/mol. The maximum Gasteiger partial charge on any atom is 0.326 e. The Bertz CT molecular complexity index is 1600. The van der Waals surface area contributed by atoms with Gasteiger partial charge in [0.25, 0.3) is 5.91 Å². The number of aliphatic carboxylic acids is 1. The number of rotatable bonds is 21. The van der Waals surface area contributed by atoms with Crippen molar-refractivity contribution in [2.75, 3.05) is 31.4 Å². The van der Waals surface area contributed by atoms with Crippen molar-refractivity contribution < 1.29 is 38.9 Å². The first-order valence-electron chi connectivity index (χ1n) is 18.4. The molecule has 0 aliphatic carbocycles. The third kappa shape index (κ3) is 14.7. The second-order valence-corrected chi connectivity index (χ2v) is 14.2. The van der Waals surface area contributed by atoms with Crippen LogP contribution in [0.1, 0.15) is 83.4 Å². The molecule has 13 heteroatoms. The minimum Gasteiger partial charge on any atom is -0.508 e. The highest BCUT2D eigenvalue weighted by atomic mass is 32.2. The molecule has 55 heavy (non-hydrogen) atoms. The first-order valence-corrected chi connectivity index (χ1v) is 19.6. The van der Waals surface area contributed by atoms with Gasteiger partial charge < -0.3 is 45.4 Å². The molecule has 0 aromatic heterocycles. The van der Waals surface area contributed by atoms with Gasteiger partial charge in [-0.2, -0.15) is 0 Å². The minimum atomic E-state index is -1.21. The van der Waals surface area contributed by atoms with Crippen molar-refractivity contribution in [3.05, 3.63) is 77.9 Å². The van der Waals surface area contributed by atoms with Crippen LogP contribution in [0.5, 0.6) is 11.5 Å².